The Morgan fingerprint density at radius 1 is 1.36 bits per heavy atom. The third kappa shape index (κ3) is 3.08. The van der Waals surface area contributed by atoms with Crippen molar-refractivity contribution in [2.24, 2.45) is 0 Å². The number of sulfonamides is 1. The van der Waals surface area contributed by atoms with Crippen LogP contribution in [0.5, 0.6) is 5.75 Å². The van der Waals surface area contributed by atoms with Crippen LogP contribution >= 0.6 is 24.0 Å². The zero-order valence-corrected chi connectivity index (χ0v) is 14.9. The van der Waals surface area contributed by atoms with Crippen molar-refractivity contribution in [1.82, 2.24) is 9.62 Å². The number of halogens is 2. The fourth-order valence-corrected chi connectivity index (χ4v) is 4.98. The van der Waals surface area contributed by atoms with Crippen molar-refractivity contribution < 1.29 is 13.2 Å². The quantitative estimate of drug-likeness (QED) is 0.870. The molecule has 3 rings (SSSR count). The number of ether oxygens (including phenoxy) is 1. The lowest BCUT2D eigenvalue weighted by Crippen LogP contribution is -2.52. The number of piperazine rings is 1. The first-order valence-corrected chi connectivity index (χ1v) is 8.93. The van der Waals surface area contributed by atoms with Gasteiger partial charge in [0.1, 0.15) is 11.9 Å². The molecule has 2 unspecified atom stereocenters. The highest BCUT2D eigenvalue weighted by molar-refractivity contribution is 7.89. The van der Waals surface area contributed by atoms with Crippen molar-refractivity contribution in [1.29, 1.82) is 0 Å². The zero-order chi connectivity index (χ0) is 15.2. The molecule has 0 aromatic heterocycles. The van der Waals surface area contributed by atoms with E-state index in [9.17, 15) is 8.42 Å². The van der Waals surface area contributed by atoms with Gasteiger partial charge >= 0.3 is 0 Å². The van der Waals surface area contributed by atoms with E-state index in [0.717, 1.165) is 5.56 Å². The van der Waals surface area contributed by atoms with Crippen LogP contribution in [0.25, 0.3) is 0 Å². The van der Waals surface area contributed by atoms with E-state index >= 15 is 0 Å². The molecular formula is C14H20Cl2N2O3S. The fourth-order valence-electron chi connectivity index (χ4n) is 2.92. The molecule has 0 aliphatic carbocycles. The predicted molar refractivity (Wildman–Crippen MR) is 88.7 cm³/mol. The predicted octanol–water partition coefficient (Wildman–Crippen LogP) is 2.07. The first-order chi connectivity index (χ1) is 9.89. The molecule has 1 N–H and O–H groups in total. The summed E-state index contributed by atoms with van der Waals surface area (Å²) in [6.07, 6.45) is 0.726. The van der Waals surface area contributed by atoms with Gasteiger partial charge in [0, 0.05) is 37.7 Å². The number of fused-ring (bicyclic) bond motifs is 1. The van der Waals surface area contributed by atoms with Gasteiger partial charge in [0.2, 0.25) is 10.0 Å². The fraction of sp³-hybridized carbons (Fsp3) is 0.571. The number of nitrogens with zero attached hydrogens (tertiary/aromatic N) is 1. The van der Waals surface area contributed by atoms with Crippen LogP contribution in [0.15, 0.2) is 17.0 Å². The second-order valence-electron chi connectivity index (χ2n) is 5.69. The summed E-state index contributed by atoms with van der Waals surface area (Å²) in [5.41, 5.74) is 0.872. The van der Waals surface area contributed by atoms with Gasteiger partial charge < -0.3 is 10.1 Å². The minimum absolute atomic E-state index is 0. The minimum atomic E-state index is -3.52. The SMILES string of the molecule is CC1Cc2cc(S(=O)(=O)N3CCNCC3C)cc(Cl)c2O1.Cl. The van der Waals surface area contributed by atoms with Gasteiger partial charge in [-0.2, -0.15) is 4.31 Å². The van der Waals surface area contributed by atoms with Gasteiger partial charge in [-0.3, -0.25) is 0 Å². The van der Waals surface area contributed by atoms with Crippen molar-refractivity contribution >= 4 is 34.0 Å². The highest BCUT2D eigenvalue weighted by Gasteiger charge is 2.33. The van der Waals surface area contributed by atoms with Crippen LogP contribution in [0.1, 0.15) is 19.4 Å². The summed E-state index contributed by atoms with van der Waals surface area (Å²) in [6, 6.07) is 3.14. The highest BCUT2D eigenvalue weighted by Crippen LogP contribution is 2.38. The van der Waals surface area contributed by atoms with Crippen molar-refractivity contribution in [2.45, 2.75) is 37.3 Å². The third-order valence-electron chi connectivity index (χ3n) is 3.97. The lowest BCUT2D eigenvalue weighted by molar-refractivity contribution is 0.255. The number of rotatable bonds is 2. The van der Waals surface area contributed by atoms with Crippen molar-refractivity contribution in [3.8, 4) is 5.75 Å². The van der Waals surface area contributed by atoms with Crippen LogP contribution in [0.3, 0.4) is 0 Å². The molecule has 22 heavy (non-hydrogen) atoms. The van der Waals surface area contributed by atoms with Crippen LogP contribution in [0.2, 0.25) is 5.02 Å². The summed E-state index contributed by atoms with van der Waals surface area (Å²) < 4.78 is 32.8. The molecule has 124 valence electrons. The summed E-state index contributed by atoms with van der Waals surface area (Å²) in [7, 11) is -3.52. The van der Waals surface area contributed by atoms with E-state index in [4.69, 9.17) is 16.3 Å². The first-order valence-electron chi connectivity index (χ1n) is 7.11. The third-order valence-corrected chi connectivity index (χ3v) is 6.24. The van der Waals surface area contributed by atoms with E-state index in [-0.39, 0.29) is 29.4 Å². The number of benzene rings is 1. The topological polar surface area (TPSA) is 58.6 Å². The van der Waals surface area contributed by atoms with Crippen molar-refractivity contribution in [2.75, 3.05) is 19.6 Å². The molecule has 2 aliphatic heterocycles. The largest absolute Gasteiger partial charge is 0.489 e. The molecule has 0 amide bonds. The molecule has 0 saturated carbocycles. The van der Waals surface area contributed by atoms with E-state index in [0.29, 0.717) is 36.8 Å². The lowest BCUT2D eigenvalue weighted by Gasteiger charge is -2.33. The minimum Gasteiger partial charge on any atom is -0.489 e. The zero-order valence-electron chi connectivity index (χ0n) is 12.5. The van der Waals surface area contributed by atoms with Crippen LogP contribution in [-0.4, -0.2) is 44.5 Å². The molecule has 1 aromatic rings. The molecule has 0 bridgehead atoms. The van der Waals surface area contributed by atoms with Gasteiger partial charge in [-0.15, -0.1) is 12.4 Å². The molecule has 0 radical (unpaired) electrons. The molecule has 2 aliphatic rings. The number of nitrogens with one attached hydrogen (secondary N) is 1. The van der Waals surface area contributed by atoms with Gasteiger partial charge in [0.15, 0.2) is 0 Å². The molecule has 0 spiro atoms. The molecule has 1 fully saturated rings. The summed E-state index contributed by atoms with van der Waals surface area (Å²) in [5.74, 6) is 0.622. The molecule has 8 heteroatoms. The first kappa shape index (κ1) is 17.8. The second kappa shape index (κ2) is 6.53. The van der Waals surface area contributed by atoms with Gasteiger partial charge in [-0.1, -0.05) is 11.6 Å². The van der Waals surface area contributed by atoms with Crippen molar-refractivity contribution in [3.05, 3.63) is 22.7 Å². The maximum absolute atomic E-state index is 12.8. The summed E-state index contributed by atoms with van der Waals surface area (Å²) >= 11 is 6.20. The van der Waals surface area contributed by atoms with E-state index < -0.39 is 10.0 Å². The highest BCUT2D eigenvalue weighted by atomic mass is 35.5. The van der Waals surface area contributed by atoms with E-state index in [2.05, 4.69) is 5.32 Å². The standard InChI is InChI=1S/C14H19ClN2O3S.ClH/c1-9-8-16-3-4-17(9)21(18,19)12-6-11-5-10(2)20-14(11)13(15)7-12;/h6-7,9-10,16H,3-5,8H2,1-2H3;1H. The maximum atomic E-state index is 12.8. The maximum Gasteiger partial charge on any atom is 0.243 e. The second-order valence-corrected chi connectivity index (χ2v) is 7.99. The molecule has 1 saturated heterocycles. The Bertz CT molecular complexity index is 666. The Morgan fingerprint density at radius 2 is 2.09 bits per heavy atom. The molecule has 5 nitrogen and oxygen atoms in total. The van der Waals surface area contributed by atoms with Crippen LogP contribution in [-0.2, 0) is 16.4 Å². The van der Waals surface area contributed by atoms with Gasteiger partial charge in [0.05, 0.1) is 9.92 Å². The van der Waals surface area contributed by atoms with E-state index in [1.165, 1.54) is 6.07 Å². The van der Waals surface area contributed by atoms with Crippen LogP contribution in [0, 0.1) is 0 Å². The van der Waals surface area contributed by atoms with Gasteiger partial charge in [-0.25, -0.2) is 8.42 Å². The van der Waals surface area contributed by atoms with Crippen LogP contribution < -0.4 is 10.1 Å². The lowest BCUT2D eigenvalue weighted by atomic mass is 10.1. The summed E-state index contributed by atoms with van der Waals surface area (Å²) in [6.45, 7) is 5.66. The number of hydrogen-bond acceptors (Lipinski definition) is 4. The Balaban J connectivity index is 0.00000176. The monoisotopic (exact) mass is 366 g/mol. The van der Waals surface area contributed by atoms with Crippen molar-refractivity contribution in [3.63, 3.8) is 0 Å². The summed E-state index contributed by atoms with van der Waals surface area (Å²) in [4.78, 5) is 0.262. The Hall–Kier alpha value is -0.530. The van der Waals surface area contributed by atoms with E-state index in [1.807, 2.05) is 13.8 Å². The Morgan fingerprint density at radius 3 is 2.77 bits per heavy atom. The van der Waals surface area contributed by atoms with E-state index in [1.54, 1.807) is 10.4 Å². The van der Waals surface area contributed by atoms with Gasteiger partial charge in [-0.05, 0) is 26.0 Å². The smallest absolute Gasteiger partial charge is 0.243 e. The molecule has 2 heterocycles. The Kier molecular flexibility index (Phi) is 5.29. The molecular weight excluding hydrogens is 347 g/mol. The van der Waals surface area contributed by atoms with Gasteiger partial charge in [0.25, 0.3) is 0 Å². The summed E-state index contributed by atoms with van der Waals surface area (Å²) in [5, 5.41) is 3.57. The molecule has 1 aromatic carbocycles. The van der Waals surface area contributed by atoms with Crippen LogP contribution in [0.4, 0.5) is 0 Å². The average molecular weight is 367 g/mol. The average Bonchev–Trinajstić information content (AvgIpc) is 2.80. The number of hydrogen-bond donors (Lipinski definition) is 1. The normalized spacial score (nSPS) is 25.2. The Labute approximate surface area is 142 Å². The molecule has 2 atom stereocenters.